The van der Waals surface area contributed by atoms with Gasteiger partial charge in [-0.05, 0) is 49.4 Å². The van der Waals surface area contributed by atoms with E-state index in [0.717, 1.165) is 31.4 Å². The lowest BCUT2D eigenvalue weighted by Crippen LogP contribution is -2.27. The third-order valence-corrected chi connectivity index (χ3v) is 5.48. The predicted molar refractivity (Wildman–Crippen MR) is 89.2 cm³/mol. The molecule has 0 aliphatic carbocycles. The lowest BCUT2D eigenvalue weighted by molar-refractivity contribution is -0.119. The molecule has 1 unspecified atom stereocenters. The van der Waals surface area contributed by atoms with Crippen LogP contribution < -0.4 is 9.62 Å². The van der Waals surface area contributed by atoms with Gasteiger partial charge in [0.05, 0.1) is 24.5 Å². The molecule has 0 radical (unpaired) electrons. The number of hydrogen-bond donors (Lipinski definition) is 1. The SMILES string of the molecule is CS(=O)(=O)N1CCc2cc(NC(=O)CC3CCCCO3)ccc21. The Morgan fingerprint density at radius 3 is 2.91 bits per heavy atom. The van der Waals surface area contributed by atoms with Gasteiger partial charge in [-0.1, -0.05) is 0 Å². The number of sulfonamides is 1. The summed E-state index contributed by atoms with van der Waals surface area (Å²) in [5.41, 5.74) is 2.36. The van der Waals surface area contributed by atoms with Crippen LogP contribution in [0.4, 0.5) is 11.4 Å². The van der Waals surface area contributed by atoms with Crippen LogP contribution in [0.2, 0.25) is 0 Å². The van der Waals surface area contributed by atoms with Crippen molar-refractivity contribution in [2.45, 2.75) is 38.2 Å². The average Bonchev–Trinajstić information content (AvgIpc) is 2.91. The number of carbonyl (C=O) groups is 1. The first kappa shape index (κ1) is 16.3. The standard InChI is InChI=1S/C16H22N2O4S/c1-23(20,21)18-8-7-12-10-13(5-6-15(12)18)17-16(19)11-14-4-2-3-9-22-14/h5-6,10,14H,2-4,7-9,11H2,1H3,(H,17,19). The molecule has 0 saturated carbocycles. The molecule has 1 aromatic carbocycles. The molecule has 1 amide bonds. The Bertz CT molecular complexity index is 696. The Labute approximate surface area is 136 Å². The molecular formula is C16H22N2O4S. The molecule has 2 aliphatic rings. The second-order valence-electron chi connectivity index (χ2n) is 6.17. The molecule has 6 nitrogen and oxygen atoms in total. The summed E-state index contributed by atoms with van der Waals surface area (Å²) < 4.78 is 30.4. The highest BCUT2D eigenvalue weighted by Crippen LogP contribution is 2.32. The number of fused-ring (bicyclic) bond motifs is 1. The van der Waals surface area contributed by atoms with Crippen LogP contribution in [0.25, 0.3) is 0 Å². The molecule has 1 aromatic rings. The summed E-state index contributed by atoms with van der Waals surface area (Å²) in [7, 11) is -3.24. The van der Waals surface area contributed by atoms with E-state index in [1.807, 2.05) is 6.07 Å². The highest BCUT2D eigenvalue weighted by molar-refractivity contribution is 7.92. The number of nitrogens with one attached hydrogen (secondary N) is 1. The van der Waals surface area contributed by atoms with Gasteiger partial charge in [0.25, 0.3) is 0 Å². The number of anilines is 2. The number of carbonyl (C=O) groups excluding carboxylic acids is 1. The van der Waals surface area contributed by atoms with Gasteiger partial charge in [0.15, 0.2) is 0 Å². The Hall–Kier alpha value is -1.60. The zero-order chi connectivity index (χ0) is 16.4. The van der Waals surface area contributed by atoms with Crippen LogP contribution >= 0.6 is 0 Å². The van der Waals surface area contributed by atoms with Crippen molar-refractivity contribution < 1.29 is 17.9 Å². The summed E-state index contributed by atoms with van der Waals surface area (Å²) in [4.78, 5) is 12.1. The highest BCUT2D eigenvalue weighted by atomic mass is 32.2. The van der Waals surface area contributed by atoms with Crippen LogP contribution in [0.15, 0.2) is 18.2 Å². The smallest absolute Gasteiger partial charge is 0.232 e. The van der Waals surface area contributed by atoms with Gasteiger partial charge in [-0.15, -0.1) is 0 Å². The molecule has 2 heterocycles. The normalized spacial score (nSPS) is 21.1. The molecule has 126 valence electrons. The lowest BCUT2D eigenvalue weighted by atomic mass is 10.1. The maximum Gasteiger partial charge on any atom is 0.232 e. The third-order valence-electron chi connectivity index (χ3n) is 4.30. The van der Waals surface area contributed by atoms with Crippen molar-refractivity contribution >= 4 is 27.3 Å². The number of benzene rings is 1. The van der Waals surface area contributed by atoms with Gasteiger partial charge in [0.2, 0.25) is 15.9 Å². The van der Waals surface area contributed by atoms with Gasteiger partial charge in [-0.2, -0.15) is 0 Å². The van der Waals surface area contributed by atoms with E-state index in [0.29, 0.717) is 30.8 Å². The molecule has 23 heavy (non-hydrogen) atoms. The quantitative estimate of drug-likeness (QED) is 0.910. The number of ether oxygens (including phenoxy) is 1. The Morgan fingerprint density at radius 1 is 1.39 bits per heavy atom. The predicted octanol–water partition coefficient (Wildman–Crippen LogP) is 1.91. The summed E-state index contributed by atoms with van der Waals surface area (Å²) in [6.07, 6.45) is 5.37. The van der Waals surface area contributed by atoms with Crippen LogP contribution in [-0.4, -0.2) is 39.8 Å². The van der Waals surface area contributed by atoms with Crippen molar-refractivity contribution in [3.63, 3.8) is 0 Å². The van der Waals surface area contributed by atoms with E-state index in [9.17, 15) is 13.2 Å². The minimum Gasteiger partial charge on any atom is -0.378 e. The van der Waals surface area contributed by atoms with Gasteiger partial charge in [-0.25, -0.2) is 8.42 Å². The van der Waals surface area contributed by atoms with E-state index in [1.165, 1.54) is 10.6 Å². The van der Waals surface area contributed by atoms with Crippen LogP contribution in [0.3, 0.4) is 0 Å². The Morgan fingerprint density at radius 2 is 2.22 bits per heavy atom. The van der Waals surface area contributed by atoms with E-state index < -0.39 is 10.0 Å². The highest BCUT2D eigenvalue weighted by Gasteiger charge is 2.26. The van der Waals surface area contributed by atoms with Gasteiger partial charge in [0.1, 0.15) is 0 Å². The Balaban J connectivity index is 1.65. The summed E-state index contributed by atoms with van der Waals surface area (Å²) in [5.74, 6) is -0.0604. The van der Waals surface area contributed by atoms with Crippen molar-refractivity contribution in [3.05, 3.63) is 23.8 Å². The summed E-state index contributed by atoms with van der Waals surface area (Å²) in [6, 6.07) is 5.37. The largest absolute Gasteiger partial charge is 0.378 e. The van der Waals surface area contributed by atoms with Crippen LogP contribution in [0.1, 0.15) is 31.2 Å². The summed E-state index contributed by atoms with van der Waals surface area (Å²) in [5, 5.41) is 2.89. The first-order chi connectivity index (χ1) is 10.9. The molecule has 7 heteroatoms. The van der Waals surface area contributed by atoms with Crippen molar-refractivity contribution in [1.82, 2.24) is 0 Å². The van der Waals surface area contributed by atoms with Gasteiger partial charge in [0, 0.05) is 18.8 Å². The monoisotopic (exact) mass is 338 g/mol. The van der Waals surface area contributed by atoms with E-state index in [4.69, 9.17) is 4.74 Å². The topological polar surface area (TPSA) is 75.7 Å². The lowest BCUT2D eigenvalue weighted by Gasteiger charge is -2.22. The van der Waals surface area contributed by atoms with Gasteiger partial charge >= 0.3 is 0 Å². The van der Waals surface area contributed by atoms with E-state index in [2.05, 4.69) is 5.32 Å². The fourth-order valence-corrected chi connectivity index (χ4v) is 4.14. The number of amides is 1. The van der Waals surface area contributed by atoms with Crippen molar-refractivity contribution in [3.8, 4) is 0 Å². The van der Waals surface area contributed by atoms with Gasteiger partial charge in [-0.3, -0.25) is 9.10 Å². The Kier molecular flexibility index (Phi) is 4.59. The second kappa shape index (κ2) is 6.49. The fourth-order valence-electron chi connectivity index (χ4n) is 3.18. The minimum atomic E-state index is -3.24. The molecule has 1 saturated heterocycles. The zero-order valence-corrected chi connectivity index (χ0v) is 14.1. The first-order valence-electron chi connectivity index (χ1n) is 7.95. The third kappa shape index (κ3) is 3.84. The molecule has 3 rings (SSSR count). The maximum atomic E-state index is 12.1. The van der Waals surface area contributed by atoms with E-state index >= 15 is 0 Å². The zero-order valence-electron chi connectivity index (χ0n) is 13.2. The molecule has 0 bridgehead atoms. The van der Waals surface area contributed by atoms with Gasteiger partial charge < -0.3 is 10.1 Å². The summed E-state index contributed by atoms with van der Waals surface area (Å²) in [6.45, 7) is 1.19. The number of hydrogen-bond acceptors (Lipinski definition) is 4. The van der Waals surface area contributed by atoms with Crippen LogP contribution in [-0.2, 0) is 26.0 Å². The number of nitrogens with zero attached hydrogens (tertiary/aromatic N) is 1. The van der Waals surface area contributed by atoms with E-state index in [-0.39, 0.29) is 12.0 Å². The maximum absolute atomic E-state index is 12.1. The molecule has 0 aromatic heterocycles. The fraction of sp³-hybridized carbons (Fsp3) is 0.562. The molecule has 1 N–H and O–H groups in total. The van der Waals surface area contributed by atoms with Crippen molar-refractivity contribution in [2.75, 3.05) is 29.0 Å². The van der Waals surface area contributed by atoms with Crippen molar-refractivity contribution in [1.29, 1.82) is 0 Å². The first-order valence-corrected chi connectivity index (χ1v) is 9.80. The van der Waals surface area contributed by atoms with Crippen LogP contribution in [0, 0.1) is 0 Å². The second-order valence-corrected chi connectivity index (χ2v) is 8.08. The van der Waals surface area contributed by atoms with Crippen molar-refractivity contribution in [2.24, 2.45) is 0 Å². The number of rotatable bonds is 4. The van der Waals surface area contributed by atoms with E-state index in [1.54, 1.807) is 12.1 Å². The molecule has 1 atom stereocenters. The molecular weight excluding hydrogens is 316 g/mol. The molecule has 1 fully saturated rings. The van der Waals surface area contributed by atoms with Crippen LogP contribution in [0.5, 0.6) is 0 Å². The average molecular weight is 338 g/mol. The molecule has 0 spiro atoms. The molecule has 2 aliphatic heterocycles. The summed E-state index contributed by atoms with van der Waals surface area (Å²) >= 11 is 0. The minimum absolute atomic E-state index is 0.0129.